The molecule has 10 nitrogen and oxygen atoms in total. The van der Waals surface area contributed by atoms with Gasteiger partial charge >= 0.3 is 11.9 Å². The number of rotatable bonds is 40. The Balaban J connectivity index is 4.58. The van der Waals surface area contributed by atoms with E-state index < -0.39 is 45.3 Å². The molecule has 328 valence electrons. The fraction of sp³-hybridized carbons (Fsp3) is 0.841. The van der Waals surface area contributed by atoms with Crippen LogP contribution < -0.4 is 4.89 Å². The fourth-order valence-corrected chi connectivity index (χ4v) is 8.96. The maximum Gasteiger partial charge on any atom is 0.306 e. The summed E-state index contributed by atoms with van der Waals surface area (Å²) in [7, 11) is -2.99. The van der Waals surface area contributed by atoms with Crippen molar-refractivity contribution in [1.82, 2.24) is 0 Å². The summed E-state index contributed by atoms with van der Waals surface area (Å²) in [4.78, 5) is 60.6. The van der Waals surface area contributed by atoms with Crippen LogP contribution in [0.1, 0.15) is 194 Å². The summed E-state index contributed by atoms with van der Waals surface area (Å²) in [6.07, 6.45) is 38.0. The van der Waals surface area contributed by atoms with E-state index >= 15 is 0 Å². The van der Waals surface area contributed by atoms with E-state index in [9.17, 15) is 28.7 Å². The van der Waals surface area contributed by atoms with E-state index in [0.29, 0.717) is 12.8 Å². The number of ether oxygens (including phenoxy) is 2. The van der Waals surface area contributed by atoms with Crippen molar-refractivity contribution in [3.63, 3.8) is 0 Å². The van der Waals surface area contributed by atoms with E-state index in [1.54, 1.807) is 21.1 Å². The zero-order valence-electron chi connectivity index (χ0n) is 36.4. The molecule has 0 fully saturated rings. The van der Waals surface area contributed by atoms with Gasteiger partial charge in [-0.15, -0.1) is 0 Å². The van der Waals surface area contributed by atoms with Gasteiger partial charge in [0.15, 0.2) is 21.2 Å². The van der Waals surface area contributed by atoms with Gasteiger partial charge in [-0.25, -0.2) is 0 Å². The molecule has 0 rings (SSSR count). The zero-order valence-corrected chi connectivity index (χ0v) is 38.2. The highest BCUT2D eigenvalue weighted by Crippen LogP contribution is 2.68. The topological polar surface area (TPSA) is 139 Å². The lowest BCUT2D eigenvalue weighted by Gasteiger charge is -2.30. The molecule has 0 aliphatic carbocycles. The number of likely N-dealkylation sites (N-methyl/N-ethyl adjacent to an activating group) is 1. The lowest BCUT2D eigenvalue weighted by molar-refractivity contribution is -0.861. The molecule has 0 radical (unpaired) electrons. The molecule has 0 heterocycles. The average Bonchev–Trinajstić information content (AvgIpc) is 3.14. The van der Waals surface area contributed by atoms with Gasteiger partial charge in [-0.3, -0.25) is 14.4 Å². The Morgan fingerprint density at radius 1 is 0.607 bits per heavy atom. The van der Waals surface area contributed by atoms with Crippen LogP contribution in [-0.2, 0) is 32.9 Å². The molecule has 0 saturated heterocycles. The highest BCUT2D eigenvalue weighted by molar-refractivity contribution is 8.32. The van der Waals surface area contributed by atoms with Gasteiger partial charge in [0.2, 0.25) is 5.52 Å². The standard InChI is InChI=1S/C44H83NO9P2/c1-6-8-10-12-14-16-18-20-22-24-26-28-30-32-34-36-42(46)52-39-41(40-53-56(50,51)55(49)44(48)38-45(3,4)5)54-43(47)37-35-33-31-29-27-25-23-21-19-17-15-13-11-9-7-2/h20-23,41,49H,6-19,24-40H2,1-5H3/b22-20-,23-21-/t41-,55?/m1/s1. The van der Waals surface area contributed by atoms with Crippen molar-refractivity contribution in [2.75, 3.05) is 40.9 Å². The summed E-state index contributed by atoms with van der Waals surface area (Å²) in [6, 6.07) is 0. The van der Waals surface area contributed by atoms with E-state index in [4.69, 9.17) is 14.0 Å². The number of esters is 2. The van der Waals surface area contributed by atoms with Crippen molar-refractivity contribution in [3.8, 4) is 0 Å². The third-order valence-corrected chi connectivity index (χ3v) is 13.4. The quantitative estimate of drug-likeness (QED) is 0.0210. The van der Waals surface area contributed by atoms with Crippen LogP contribution in [0, 0.1) is 0 Å². The fourth-order valence-electron chi connectivity index (χ4n) is 6.14. The molecule has 0 spiro atoms. The largest absolute Gasteiger partial charge is 0.773 e. The summed E-state index contributed by atoms with van der Waals surface area (Å²) >= 11 is 0. The highest BCUT2D eigenvalue weighted by atomic mass is 32.1. The van der Waals surface area contributed by atoms with Crippen LogP contribution in [0.2, 0.25) is 0 Å². The second kappa shape index (κ2) is 36.7. The van der Waals surface area contributed by atoms with Crippen LogP contribution in [0.3, 0.4) is 0 Å². The van der Waals surface area contributed by atoms with Gasteiger partial charge in [0.05, 0.1) is 27.7 Å². The molecule has 56 heavy (non-hydrogen) atoms. The summed E-state index contributed by atoms with van der Waals surface area (Å²) < 4.78 is 28.7. The number of carbonyl (C=O) groups excluding carboxylic acids is 3. The molecular weight excluding hydrogens is 748 g/mol. The minimum absolute atomic E-state index is 0.140. The highest BCUT2D eigenvalue weighted by Gasteiger charge is 2.33. The van der Waals surface area contributed by atoms with Crippen molar-refractivity contribution < 1.29 is 47.2 Å². The predicted octanol–water partition coefficient (Wildman–Crippen LogP) is 11.6. The minimum atomic E-state index is -5.00. The van der Waals surface area contributed by atoms with Crippen molar-refractivity contribution in [2.45, 2.75) is 200 Å². The Labute approximate surface area is 343 Å². The lowest BCUT2D eigenvalue weighted by Crippen LogP contribution is -2.39. The molecule has 0 amide bonds. The Bertz CT molecular complexity index is 1090. The first-order valence-corrected chi connectivity index (χ1v) is 25.8. The van der Waals surface area contributed by atoms with Crippen LogP contribution in [0.15, 0.2) is 24.3 Å². The van der Waals surface area contributed by atoms with Crippen LogP contribution in [-0.4, -0.2) is 73.8 Å². The molecular formula is C44H83NO9P2. The van der Waals surface area contributed by atoms with Crippen LogP contribution in [0.25, 0.3) is 0 Å². The second-order valence-electron chi connectivity index (χ2n) is 16.4. The number of unbranched alkanes of at least 4 members (excludes halogenated alkanes) is 22. The predicted molar refractivity (Wildman–Crippen MR) is 230 cm³/mol. The Morgan fingerprint density at radius 3 is 1.39 bits per heavy atom. The first kappa shape index (κ1) is 54.6. The molecule has 0 aliphatic heterocycles. The number of carbonyl (C=O) groups is 3. The zero-order chi connectivity index (χ0) is 41.8. The van der Waals surface area contributed by atoms with Gasteiger partial charge < -0.3 is 32.8 Å². The maximum absolute atomic E-state index is 12.7. The molecule has 0 aromatic rings. The number of hydrogen-bond donors (Lipinski definition) is 1. The monoisotopic (exact) mass is 832 g/mol. The van der Waals surface area contributed by atoms with E-state index in [2.05, 4.69) is 38.2 Å². The van der Waals surface area contributed by atoms with Crippen molar-refractivity contribution in [3.05, 3.63) is 24.3 Å². The number of allylic oxidation sites excluding steroid dienone is 4. The molecule has 1 N–H and O–H groups in total. The SMILES string of the molecule is CCCCCCCC/C=C\CCCCCCCC(=O)OC[C@H](COP(=O)([O-])P(O)C(=O)C[N+](C)(C)C)OC(=O)CCCCCCC/C=C\CCCCCCCC. The van der Waals surface area contributed by atoms with Gasteiger partial charge in [-0.2, -0.15) is 0 Å². The van der Waals surface area contributed by atoms with Gasteiger partial charge in [0, 0.05) is 12.8 Å². The molecule has 0 aromatic heterocycles. The molecule has 2 unspecified atom stereocenters. The maximum atomic E-state index is 12.7. The van der Waals surface area contributed by atoms with Crippen molar-refractivity contribution in [1.29, 1.82) is 0 Å². The van der Waals surface area contributed by atoms with Crippen LogP contribution in [0.4, 0.5) is 0 Å². The normalized spacial score (nSPS) is 14.3. The minimum Gasteiger partial charge on any atom is -0.773 e. The Hall–Kier alpha value is -1.41. The number of quaternary nitrogens is 1. The third kappa shape index (κ3) is 35.7. The molecule has 12 heteroatoms. The molecule has 0 saturated carbocycles. The Kier molecular flexibility index (Phi) is 35.7. The summed E-state index contributed by atoms with van der Waals surface area (Å²) in [5.74, 6) is -1.01. The smallest absolute Gasteiger partial charge is 0.306 e. The van der Waals surface area contributed by atoms with E-state index in [1.807, 2.05) is 0 Å². The van der Waals surface area contributed by atoms with E-state index in [1.165, 1.54) is 77.0 Å². The van der Waals surface area contributed by atoms with Crippen LogP contribution in [0.5, 0.6) is 0 Å². The molecule has 0 aliphatic rings. The van der Waals surface area contributed by atoms with Gasteiger partial charge in [-0.1, -0.05) is 141 Å². The van der Waals surface area contributed by atoms with Crippen molar-refractivity contribution in [2.24, 2.45) is 0 Å². The van der Waals surface area contributed by atoms with Gasteiger partial charge in [-0.05, 0) is 64.2 Å². The van der Waals surface area contributed by atoms with Crippen LogP contribution >= 0.6 is 15.1 Å². The molecule has 0 aromatic carbocycles. The summed E-state index contributed by atoms with van der Waals surface area (Å²) in [5, 5.41) is 0. The van der Waals surface area contributed by atoms with Gasteiger partial charge in [0.1, 0.15) is 13.2 Å². The molecule has 3 atom stereocenters. The molecule has 0 bridgehead atoms. The lowest BCUT2D eigenvalue weighted by atomic mass is 10.1. The first-order valence-electron chi connectivity index (χ1n) is 22.3. The third-order valence-electron chi connectivity index (χ3n) is 9.50. The second-order valence-corrected chi connectivity index (χ2v) is 21.2. The van der Waals surface area contributed by atoms with Gasteiger partial charge in [0.25, 0.3) is 0 Å². The van der Waals surface area contributed by atoms with E-state index in [-0.39, 0.29) is 30.5 Å². The number of hydrogen-bond acceptors (Lipinski definition) is 9. The van der Waals surface area contributed by atoms with Crippen molar-refractivity contribution >= 4 is 32.6 Å². The summed E-state index contributed by atoms with van der Waals surface area (Å²) in [6.45, 7) is 3.25. The van der Waals surface area contributed by atoms with E-state index in [0.717, 1.165) is 77.0 Å². The number of nitrogens with zero attached hydrogens (tertiary/aromatic N) is 1. The summed E-state index contributed by atoms with van der Waals surface area (Å²) in [5.41, 5.74) is -0.838. The Morgan fingerprint density at radius 2 is 0.982 bits per heavy atom. The average molecular weight is 832 g/mol. The first-order chi connectivity index (χ1) is 26.8.